The van der Waals surface area contributed by atoms with Crippen LogP contribution >= 0.6 is 0 Å². The molecule has 0 spiro atoms. The van der Waals surface area contributed by atoms with Crippen LogP contribution < -0.4 is 0 Å². The van der Waals surface area contributed by atoms with Crippen molar-refractivity contribution in [1.29, 1.82) is 0 Å². The Bertz CT molecular complexity index is 871. The molecule has 0 radical (unpaired) electrons. The van der Waals surface area contributed by atoms with Crippen LogP contribution in [0.3, 0.4) is 0 Å². The van der Waals surface area contributed by atoms with Crippen LogP contribution in [0.25, 0.3) is 0 Å². The van der Waals surface area contributed by atoms with Gasteiger partial charge in [0.25, 0.3) is 5.91 Å². The fraction of sp³-hybridized carbons (Fsp3) is 0.381. The zero-order chi connectivity index (χ0) is 19.4. The van der Waals surface area contributed by atoms with E-state index in [2.05, 4.69) is 6.92 Å². The Balaban J connectivity index is 1.70. The fourth-order valence-corrected chi connectivity index (χ4v) is 4.76. The summed E-state index contributed by atoms with van der Waals surface area (Å²) >= 11 is 0. The first kappa shape index (κ1) is 19.6. The van der Waals surface area contributed by atoms with Crippen LogP contribution in [-0.2, 0) is 16.6 Å². The van der Waals surface area contributed by atoms with Crippen LogP contribution in [0.2, 0.25) is 0 Å². The quantitative estimate of drug-likeness (QED) is 0.792. The molecule has 5 nitrogen and oxygen atoms in total. The molecule has 0 bridgehead atoms. The van der Waals surface area contributed by atoms with E-state index < -0.39 is 10.0 Å². The van der Waals surface area contributed by atoms with Crippen LogP contribution in [0.4, 0.5) is 0 Å². The minimum Gasteiger partial charge on any atom is -0.337 e. The van der Waals surface area contributed by atoms with E-state index in [1.165, 1.54) is 12.1 Å². The van der Waals surface area contributed by atoms with Crippen molar-refractivity contribution >= 4 is 15.9 Å². The molecular weight excluding hydrogens is 360 g/mol. The van der Waals surface area contributed by atoms with Crippen molar-refractivity contribution in [2.24, 2.45) is 5.92 Å². The maximum absolute atomic E-state index is 12.8. The average molecular weight is 387 g/mol. The molecule has 1 amide bonds. The van der Waals surface area contributed by atoms with E-state index in [1.807, 2.05) is 30.3 Å². The maximum Gasteiger partial charge on any atom is 0.253 e. The van der Waals surface area contributed by atoms with Gasteiger partial charge in [-0.1, -0.05) is 37.3 Å². The molecule has 3 rings (SSSR count). The normalized spacial score (nSPS) is 16.2. The molecule has 27 heavy (non-hydrogen) atoms. The number of hydrogen-bond acceptors (Lipinski definition) is 3. The topological polar surface area (TPSA) is 57.7 Å². The second-order valence-corrected chi connectivity index (χ2v) is 9.20. The Labute approximate surface area is 161 Å². The van der Waals surface area contributed by atoms with Crippen molar-refractivity contribution in [3.63, 3.8) is 0 Å². The number of amides is 1. The molecule has 6 heteroatoms. The molecule has 1 aliphatic rings. The van der Waals surface area contributed by atoms with E-state index in [-0.39, 0.29) is 10.8 Å². The van der Waals surface area contributed by atoms with E-state index in [1.54, 1.807) is 28.4 Å². The SMILES string of the molecule is CC1CCN(S(=O)(=O)c2ccc(C(=O)N(C)Cc3ccccc3)cc2)CC1. The van der Waals surface area contributed by atoms with Crippen LogP contribution in [0.15, 0.2) is 59.5 Å². The summed E-state index contributed by atoms with van der Waals surface area (Å²) in [6.07, 6.45) is 1.78. The summed E-state index contributed by atoms with van der Waals surface area (Å²) in [6, 6.07) is 16.0. The Morgan fingerprint density at radius 1 is 1.04 bits per heavy atom. The number of nitrogens with zero attached hydrogens (tertiary/aromatic N) is 2. The Morgan fingerprint density at radius 3 is 2.22 bits per heavy atom. The highest BCUT2D eigenvalue weighted by molar-refractivity contribution is 7.89. The zero-order valence-electron chi connectivity index (χ0n) is 15.8. The summed E-state index contributed by atoms with van der Waals surface area (Å²) in [7, 11) is -1.74. The molecular formula is C21H26N2O3S. The van der Waals surface area contributed by atoms with Crippen molar-refractivity contribution in [3.8, 4) is 0 Å². The van der Waals surface area contributed by atoms with Gasteiger partial charge in [0.1, 0.15) is 0 Å². The van der Waals surface area contributed by atoms with Crippen LogP contribution in [-0.4, -0.2) is 43.7 Å². The van der Waals surface area contributed by atoms with Gasteiger partial charge in [-0.05, 0) is 48.6 Å². The molecule has 144 valence electrons. The summed E-state index contributed by atoms with van der Waals surface area (Å²) in [5.41, 5.74) is 1.53. The van der Waals surface area contributed by atoms with E-state index in [0.717, 1.165) is 18.4 Å². The molecule has 0 aliphatic carbocycles. The number of piperidine rings is 1. The summed E-state index contributed by atoms with van der Waals surface area (Å²) in [4.78, 5) is 14.5. The fourth-order valence-electron chi connectivity index (χ4n) is 3.29. The van der Waals surface area contributed by atoms with Gasteiger partial charge in [-0.15, -0.1) is 0 Å². The minimum atomic E-state index is -3.49. The molecule has 2 aromatic carbocycles. The van der Waals surface area contributed by atoms with Crippen LogP contribution in [0, 0.1) is 5.92 Å². The molecule has 0 unspecified atom stereocenters. The molecule has 0 N–H and O–H groups in total. The monoisotopic (exact) mass is 386 g/mol. The van der Waals surface area contributed by atoms with Gasteiger partial charge < -0.3 is 4.90 Å². The van der Waals surface area contributed by atoms with Crippen molar-refractivity contribution < 1.29 is 13.2 Å². The molecule has 1 fully saturated rings. The summed E-state index contributed by atoms with van der Waals surface area (Å²) in [5.74, 6) is 0.436. The number of rotatable bonds is 5. The third kappa shape index (κ3) is 4.57. The summed E-state index contributed by atoms with van der Waals surface area (Å²) in [5, 5.41) is 0. The molecule has 0 atom stereocenters. The average Bonchev–Trinajstić information content (AvgIpc) is 2.68. The molecule has 1 aliphatic heterocycles. The van der Waals surface area contributed by atoms with Crippen molar-refractivity contribution in [2.45, 2.75) is 31.2 Å². The third-order valence-corrected chi connectivity index (χ3v) is 7.00. The third-order valence-electron chi connectivity index (χ3n) is 5.09. The minimum absolute atomic E-state index is 0.130. The van der Waals surface area contributed by atoms with Gasteiger partial charge in [0.05, 0.1) is 4.90 Å². The van der Waals surface area contributed by atoms with E-state index in [4.69, 9.17) is 0 Å². The van der Waals surface area contributed by atoms with Crippen molar-refractivity contribution in [3.05, 3.63) is 65.7 Å². The summed E-state index contributed by atoms with van der Waals surface area (Å²) < 4.78 is 27.1. The molecule has 0 aromatic heterocycles. The first-order valence-electron chi connectivity index (χ1n) is 9.27. The van der Waals surface area contributed by atoms with Crippen molar-refractivity contribution in [2.75, 3.05) is 20.1 Å². The maximum atomic E-state index is 12.8. The number of hydrogen-bond donors (Lipinski definition) is 0. The number of carbonyl (C=O) groups is 1. The molecule has 1 heterocycles. The molecule has 1 saturated heterocycles. The zero-order valence-corrected chi connectivity index (χ0v) is 16.7. The first-order chi connectivity index (χ1) is 12.9. The van der Waals surface area contributed by atoms with E-state index >= 15 is 0 Å². The number of carbonyl (C=O) groups excluding carboxylic acids is 1. The molecule has 2 aromatic rings. The number of benzene rings is 2. The predicted octanol–water partition coefficient (Wildman–Crippen LogP) is 3.38. The highest BCUT2D eigenvalue weighted by atomic mass is 32.2. The van der Waals surface area contributed by atoms with E-state index in [9.17, 15) is 13.2 Å². The van der Waals surface area contributed by atoms with Crippen LogP contribution in [0.1, 0.15) is 35.7 Å². The number of sulfonamides is 1. The second-order valence-electron chi connectivity index (χ2n) is 7.26. The van der Waals surface area contributed by atoms with Gasteiger partial charge in [-0.2, -0.15) is 4.31 Å². The lowest BCUT2D eigenvalue weighted by Gasteiger charge is -2.29. The highest BCUT2D eigenvalue weighted by Gasteiger charge is 2.28. The lowest BCUT2D eigenvalue weighted by molar-refractivity contribution is 0.0785. The largest absolute Gasteiger partial charge is 0.337 e. The van der Waals surface area contributed by atoms with Crippen LogP contribution in [0.5, 0.6) is 0 Å². The van der Waals surface area contributed by atoms with Gasteiger partial charge in [-0.3, -0.25) is 4.79 Å². The Hall–Kier alpha value is -2.18. The smallest absolute Gasteiger partial charge is 0.253 e. The second kappa shape index (κ2) is 8.23. The Kier molecular flexibility index (Phi) is 5.97. The first-order valence-corrected chi connectivity index (χ1v) is 10.7. The van der Waals surface area contributed by atoms with E-state index in [0.29, 0.717) is 31.1 Å². The van der Waals surface area contributed by atoms with Gasteiger partial charge in [0.15, 0.2) is 0 Å². The lowest BCUT2D eigenvalue weighted by Crippen LogP contribution is -2.37. The van der Waals surface area contributed by atoms with Crippen molar-refractivity contribution in [1.82, 2.24) is 9.21 Å². The standard InChI is InChI=1S/C21H26N2O3S/c1-17-12-14-23(15-13-17)27(25,26)20-10-8-19(9-11-20)21(24)22(2)16-18-6-4-3-5-7-18/h3-11,17H,12-16H2,1-2H3. The van der Waals surface area contributed by atoms with Gasteiger partial charge in [0, 0.05) is 32.2 Å². The van der Waals surface area contributed by atoms with Gasteiger partial charge >= 0.3 is 0 Å². The summed E-state index contributed by atoms with van der Waals surface area (Å²) in [6.45, 7) is 3.77. The molecule has 0 saturated carbocycles. The highest BCUT2D eigenvalue weighted by Crippen LogP contribution is 2.23. The predicted molar refractivity (Wildman–Crippen MR) is 106 cm³/mol. The Morgan fingerprint density at radius 2 is 1.63 bits per heavy atom. The van der Waals surface area contributed by atoms with Gasteiger partial charge in [0.2, 0.25) is 10.0 Å². The van der Waals surface area contributed by atoms with Gasteiger partial charge in [-0.25, -0.2) is 8.42 Å². The lowest BCUT2D eigenvalue weighted by atomic mass is 10.0.